The first kappa shape index (κ1) is 18.0. The molecule has 0 saturated carbocycles. The van der Waals surface area contributed by atoms with Crippen LogP contribution in [0.5, 0.6) is 0 Å². The highest BCUT2D eigenvalue weighted by atomic mass is 16.5. The zero-order valence-electron chi connectivity index (χ0n) is 14.9. The van der Waals surface area contributed by atoms with Crippen molar-refractivity contribution in [3.05, 3.63) is 65.2 Å². The summed E-state index contributed by atoms with van der Waals surface area (Å²) in [6, 6.07) is 16.8. The minimum atomic E-state index is -0.268. The summed E-state index contributed by atoms with van der Waals surface area (Å²) in [7, 11) is 4.13. The molecule has 0 aromatic heterocycles. The predicted octanol–water partition coefficient (Wildman–Crippen LogP) is 4.38. The molecule has 24 heavy (non-hydrogen) atoms. The van der Waals surface area contributed by atoms with Crippen LogP contribution in [-0.2, 0) is 16.1 Å². The van der Waals surface area contributed by atoms with E-state index in [1.807, 2.05) is 25.1 Å². The molecule has 0 aliphatic heterocycles. The van der Waals surface area contributed by atoms with E-state index in [9.17, 15) is 4.79 Å². The lowest BCUT2D eigenvalue weighted by Crippen LogP contribution is -2.10. The Bertz CT molecular complexity index is 715. The van der Waals surface area contributed by atoms with Gasteiger partial charge in [-0.15, -0.1) is 0 Å². The Hall–Kier alpha value is -2.39. The SMILES string of the molecule is CCOC(=O)/C(C)=C/c1cccc(-c2ccc(CN(C)C)cc2)c1. The summed E-state index contributed by atoms with van der Waals surface area (Å²) in [4.78, 5) is 13.9. The van der Waals surface area contributed by atoms with Crippen molar-refractivity contribution >= 4 is 12.0 Å². The van der Waals surface area contributed by atoms with E-state index in [4.69, 9.17) is 4.74 Å². The van der Waals surface area contributed by atoms with Crippen LogP contribution in [0.1, 0.15) is 25.0 Å². The van der Waals surface area contributed by atoms with Gasteiger partial charge in [0.25, 0.3) is 0 Å². The first-order valence-electron chi connectivity index (χ1n) is 8.19. The number of esters is 1. The molecule has 0 saturated heterocycles. The Morgan fingerprint density at radius 2 is 1.79 bits per heavy atom. The second kappa shape index (κ2) is 8.46. The molecule has 0 spiro atoms. The monoisotopic (exact) mass is 323 g/mol. The molecule has 0 fully saturated rings. The maximum absolute atomic E-state index is 11.7. The largest absolute Gasteiger partial charge is 0.463 e. The van der Waals surface area contributed by atoms with Crippen molar-refractivity contribution in [3.63, 3.8) is 0 Å². The highest BCUT2D eigenvalue weighted by molar-refractivity contribution is 5.93. The normalized spacial score (nSPS) is 11.6. The maximum atomic E-state index is 11.7. The summed E-state index contributed by atoms with van der Waals surface area (Å²) < 4.78 is 5.02. The summed E-state index contributed by atoms with van der Waals surface area (Å²) in [5.74, 6) is -0.268. The van der Waals surface area contributed by atoms with Gasteiger partial charge < -0.3 is 9.64 Å². The van der Waals surface area contributed by atoms with Gasteiger partial charge in [-0.3, -0.25) is 0 Å². The van der Waals surface area contributed by atoms with Crippen LogP contribution in [0.25, 0.3) is 17.2 Å². The lowest BCUT2D eigenvalue weighted by molar-refractivity contribution is -0.138. The molecule has 0 unspecified atom stereocenters. The van der Waals surface area contributed by atoms with Crippen LogP contribution < -0.4 is 0 Å². The number of hydrogen-bond donors (Lipinski definition) is 0. The van der Waals surface area contributed by atoms with E-state index < -0.39 is 0 Å². The van der Waals surface area contributed by atoms with Crippen molar-refractivity contribution in [2.24, 2.45) is 0 Å². The van der Waals surface area contributed by atoms with E-state index in [-0.39, 0.29) is 5.97 Å². The summed E-state index contributed by atoms with van der Waals surface area (Å²) in [6.07, 6.45) is 1.86. The Labute approximate surface area is 144 Å². The van der Waals surface area contributed by atoms with Crippen LogP contribution in [0.15, 0.2) is 54.1 Å². The van der Waals surface area contributed by atoms with Crippen molar-refractivity contribution in [2.45, 2.75) is 20.4 Å². The third kappa shape index (κ3) is 5.07. The van der Waals surface area contributed by atoms with Crippen LogP contribution in [-0.4, -0.2) is 31.6 Å². The maximum Gasteiger partial charge on any atom is 0.333 e. The van der Waals surface area contributed by atoms with Crippen LogP contribution >= 0.6 is 0 Å². The third-order valence-corrected chi connectivity index (χ3v) is 3.65. The van der Waals surface area contributed by atoms with E-state index in [0.29, 0.717) is 12.2 Å². The van der Waals surface area contributed by atoms with Crippen LogP contribution in [0.2, 0.25) is 0 Å². The highest BCUT2D eigenvalue weighted by Gasteiger charge is 2.05. The molecule has 0 heterocycles. The molecule has 0 amide bonds. The topological polar surface area (TPSA) is 29.5 Å². The molecule has 2 rings (SSSR count). The minimum absolute atomic E-state index is 0.268. The van der Waals surface area contributed by atoms with E-state index >= 15 is 0 Å². The average molecular weight is 323 g/mol. The predicted molar refractivity (Wildman–Crippen MR) is 99.6 cm³/mol. The van der Waals surface area contributed by atoms with Crippen LogP contribution in [0.4, 0.5) is 0 Å². The fourth-order valence-electron chi connectivity index (χ4n) is 2.53. The summed E-state index contributed by atoms with van der Waals surface area (Å²) in [5.41, 5.74) is 5.20. The smallest absolute Gasteiger partial charge is 0.333 e. The highest BCUT2D eigenvalue weighted by Crippen LogP contribution is 2.22. The Morgan fingerprint density at radius 1 is 1.08 bits per heavy atom. The summed E-state index contributed by atoms with van der Waals surface area (Å²) in [5, 5.41) is 0. The zero-order chi connectivity index (χ0) is 17.5. The third-order valence-electron chi connectivity index (χ3n) is 3.65. The molecule has 0 aliphatic carbocycles. The number of carbonyl (C=O) groups excluding carboxylic acids is 1. The molecule has 0 atom stereocenters. The Kier molecular flexibility index (Phi) is 6.33. The van der Waals surface area contributed by atoms with Gasteiger partial charge in [-0.05, 0) is 62.3 Å². The number of hydrogen-bond acceptors (Lipinski definition) is 3. The fraction of sp³-hybridized carbons (Fsp3) is 0.286. The molecule has 0 radical (unpaired) electrons. The minimum Gasteiger partial charge on any atom is -0.463 e. The number of benzene rings is 2. The van der Waals surface area contributed by atoms with Gasteiger partial charge in [-0.25, -0.2) is 4.79 Å². The van der Waals surface area contributed by atoms with Crippen molar-refractivity contribution in [3.8, 4) is 11.1 Å². The molecule has 0 aliphatic rings. The zero-order valence-corrected chi connectivity index (χ0v) is 14.9. The first-order valence-corrected chi connectivity index (χ1v) is 8.19. The van der Waals surface area contributed by atoms with Crippen molar-refractivity contribution in [2.75, 3.05) is 20.7 Å². The fourth-order valence-corrected chi connectivity index (χ4v) is 2.53. The van der Waals surface area contributed by atoms with Gasteiger partial charge in [0.1, 0.15) is 0 Å². The molecule has 0 bridgehead atoms. The van der Waals surface area contributed by atoms with Gasteiger partial charge in [0.15, 0.2) is 0 Å². The van der Waals surface area contributed by atoms with E-state index in [1.165, 1.54) is 11.1 Å². The van der Waals surface area contributed by atoms with Gasteiger partial charge in [0.2, 0.25) is 0 Å². The number of rotatable bonds is 6. The molecule has 3 heteroatoms. The average Bonchev–Trinajstić information content (AvgIpc) is 2.55. The summed E-state index contributed by atoms with van der Waals surface area (Å²) in [6.45, 7) is 4.91. The van der Waals surface area contributed by atoms with E-state index in [1.54, 1.807) is 6.92 Å². The molecular formula is C21H25NO2. The summed E-state index contributed by atoms with van der Waals surface area (Å²) >= 11 is 0. The molecular weight excluding hydrogens is 298 g/mol. The first-order chi connectivity index (χ1) is 11.5. The lowest BCUT2D eigenvalue weighted by atomic mass is 10.0. The van der Waals surface area contributed by atoms with Crippen LogP contribution in [0, 0.1) is 0 Å². The van der Waals surface area contributed by atoms with Gasteiger partial charge in [0, 0.05) is 12.1 Å². The number of ether oxygens (including phenoxy) is 1. The van der Waals surface area contributed by atoms with E-state index in [0.717, 1.165) is 17.7 Å². The standard InChI is InChI=1S/C21H25NO2/c1-5-24-21(23)16(2)13-18-7-6-8-20(14-18)19-11-9-17(10-12-19)15-22(3)4/h6-14H,5,15H2,1-4H3/b16-13+. The molecule has 126 valence electrons. The van der Waals surface area contributed by atoms with Gasteiger partial charge >= 0.3 is 5.97 Å². The van der Waals surface area contributed by atoms with Crippen LogP contribution in [0.3, 0.4) is 0 Å². The molecule has 2 aromatic rings. The number of carbonyl (C=O) groups is 1. The Balaban J connectivity index is 2.21. The van der Waals surface area contributed by atoms with Crippen molar-refractivity contribution in [1.29, 1.82) is 0 Å². The molecule has 2 aromatic carbocycles. The lowest BCUT2D eigenvalue weighted by Gasteiger charge is -2.10. The Morgan fingerprint density at radius 3 is 2.42 bits per heavy atom. The van der Waals surface area contributed by atoms with Crippen molar-refractivity contribution in [1.82, 2.24) is 4.90 Å². The second-order valence-corrected chi connectivity index (χ2v) is 6.11. The van der Waals surface area contributed by atoms with E-state index in [2.05, 4.69) is 55.4 Å². The quantitative estimate of drug-likeness (QED) is 0.583. The van der Waals surface area contributed by atoms with Crippen molar-refractivity contribution < 1.29 is 9.53 Å². The second-order valence-electron chi connectivity index (χ2n) is 6.11. The van der Waals surface area contributed by atoms with Gasteiger partial charge in [-0.1, -0.05) is 42.5 Å². The molecule has 3 nitrogen and oxygen atoms in total. The molecule has 0 N–H and O–H groups in total. The van der Waals surface area contributed by atoms with Gasteiger partial charge in [0.05, 0.1) is 6.61 Å². The van der Waals surface area contributed by atoms with Gasteiger partial charge in [-0.2, -0.15) is 0 Å². The number of nitrogens with zero attached hydrogens (tertiary/aromatic N) is 1.